The minimum absolute atomic E-state index is 0.115. The van der Waals surface area contributed by atoms with E-state index in [9.17, 15) is 13.6 Å². The zero-order valence-corrected chi connectivity index (χ0v) is 12.9. The van der Waals surface area contributed by atoms with Crippen molar-refractivity contribution in [1.29, 1.82) is 0 Å². The van der Waals surface area contributed by atoms with Gasteiger partial charge in [0.1, 0.15) is 0 Å². The van der Waals surface area contributed by atoms with Crippen LogP contribution in [0, 0.1) is 11.6 Å². The van der Waals surface area contributed by atoms with E-state index < -0.39 is 11.6 Å². The number of nitrogens with one attached hydrogen (secondary N) is 1. The van der Waals surface area contributed by atoms with Gasteiger partial charge in [0, 0.05) is 25.3 Å². The molecule has 0 aliphatic heterocycles. The van der Waals surface area contributed by atoms with Crippen LogP contribution in [0.1, 0.15) is 32.1 Å². The van der Waals surface area contributed by atoms with Crippen molar-refractivity contribution in [1.82, 2.24) is 5.32 Å². The Morgan fingerprint density at radius 2 is 2.09 bits per heavy atom. The van der Waals surface area contributed by atoms with Gasteiger partial charge in [-0.1, -0.05) is 11.6 Å². The number of rotatable bonds is 6. The number of hydrogen-bond donors (Lipinski definition) is 1. The summed E-state index contributed by atoms with van der Waals surface area (Å²) in [5.41, 5.74) is 1.89. The largest absolute Gasteiger partial charge is 0.365 e. The second-order valence-corrected chi connectivity index (χ2v) is 5.66. The normalized spacial score (nSPS) is 14.4. The lowest BCUT2D eigenvalue weighted by molar-refractivity contribution is -0.119. The highest BCUT2D eigenvalue weighted by Crippen LogP contribution is 2.19. The van der Waals surface area contributed by atoms with Crippen molar-refractivity contribution < 1.29 is 13.6 Å². The standard InChI is InChI=1S/C17H22F2N2O/c1-21(14-7-8-15(18)16(19)11-14)12-17(22)20-10-9-13-5-3-2-4-6-13/h5,7-8,11H,2-4,6,9-10,12H2,1H3,(H,20,22). The van der Waals surface area contributed by atoms with Gasteiger partial charge in [-0.3, -0.25) is 4.79 Å². The molecule has 1 aliphatic carbocycles. The maximum absolute atomic E-state index is 13.2. The van der Waals surface area contributed by atoms with Crippen LogP contribution in [0.4, 0.5) is 14.5 Å². The maximum atomic E-state index is 13.2. The molecule has 5 heteroatoms. The predicted octanol–water partition coefficient (Wildman–Crippen LogP) is 3.41. The number of anilines is 1. The Balaban J connectivity index is 1.76. The lowest BCUT2D eigenvalue weighted by Crippen LogP contribution is -2.35. The summed E-state index contributed by atoms with van der Waals surface area (Å²) in [7, 11) is 1.68. The van der Waals surface area contributed by atoms with Crippen molar-refractivity contribution >= 4 is 11.6 Å². The molecule has 0 saturated heterocycles. The van der Waals surface area contributed by atoms with Gasteiger partial charge in [-0.2, -0.15) is 0 Å². The first-order valence-electron chi connectivity index (χ1n) is 7.67. The summed E-state index contributed by atoms with van der Waals surface area (Å²) in [5.74, 6) is -1.92. The Labute approximate surface area is 130 Å². The third-order valence-electron chi connectivity index (χ3n) is 3.88. The third-order valence-corrected chi connectivity index (χ3v) is 3.88. The molecule has 120 valence electrons. The number of amides is 1. The van der Waals surface area contributed by atoms with Crippen LogP contribution < -0.4 is 10.2 Å². The first kappa shape index (κ1) is 16.5. The summed E-state index contributed by atoms with van der Waals surface area (Å²) >= 11 is 0. The van der Waals surface area contributed by atoms with Gasteiger partial charge in [0.15, 0.2) is 11.6 Å². The van der Waals surface area contributed by atoms with Crippen LogP contribution in [0.25, 0.3) is 0 Å². The Morgan fingerprint density at radius 3 is 2.77 bits per heavy atom. The number of halogens is 2. The number of nitrogens with zero attached hydrogens (tertiary/aromatic N) is 1. The molecule has 3 nitrogen and oxygen atoms in total. The topological polar surface area (TPSA) is 32.3 Å². The highest BCUT2D eigenvalue weighted by molar-refractivity contribution is 5.81. The fraction of sp³-hybridized carbons (Fsp3) is 0.471. The molecular formula is C17H22F2N2O. The monoisotopic (exact) mass is 308 g/mol. The highest BCUT2D eigenvalue weighted by Gasteiger charge is 2.10. The van der Waals surface area contributed by atoms with E-state index in [4.69, 9.17) is 0 Å². The molecule has 1 N–H and O–H groups in total. The zero-order valence-electron chi connectivity index (χ0n) is 12.9. The number of allylic oxidation sites excluding steroid dienone is 1. The molecule has 1 aromatic rings. The Morgan fingerprint density at radius 1 is 1.27 bits per heavy atom. The summed E-state index contributed by atoms with van der Waals surface area (Å²) < 4.78 is 26.1. The number of carbonyl (C=O) groups is 1. The number of likely N-dealkylation sites (N-methyl/N-ethyl adjacent to an activating group) is 1. The number of carbonyl (C=O) groups excluding carboxylic acids is 1. The van der Waals surface area contributed by atoms with Crippen LogP contribution in [0.3, 0.4) is 0 Å². The molecule has 0 aromatic heterocycles. The third kappa shape index (κ3) is 4.83. The SMILES string of the molecule is CN(CC(=O)NCCC1=CCCCC1)c1ccc(F)c(F)c1. The van der Waals surface area contributed by atoms with E-state index in [0.717, 1.165) is 31.4 Å². The van der Waals surface area contributed by atoms with E-state index in [1.54, 1.807) is 11.9 Å². The van der Waals surface area contributed by atoms with E-state index in [-0.39, 0.29) is 12.5 Å². The maximum Gasteiger partial charge on any atom is 0.239 e. The van der Waals surface area contributed by atoms with Gasteiger partial charge < -0.3 is 10.2 Å². The van der Waals surface area contributed by atoms with Gasteiger partial charge >= 0.3 is 0 Å². The second kappa shape index (κ2) is 7.92. The average Bonchev–Trinajstić information content (AvgIpc) is 2.51. The summed E-state index contributed by atoms with van der Waals surface area (Å²) in [6, 6.07) is 3.61. The van der Waals surface area contributed by atoms with Gasteiger partial charge in [-0.25, -0.2) is 8.78 Å². The van der Waals surface area contributed by atoms with Gasteiger partial charge in [0.2, 0.25) is 5.91 Å². The summed E-state index contributed by atoms with van der Waals surface area (Å²) in [4.78, 5) is 13.5. The fourth-order valence-corrected chi connectivity index (χ4v) is 2.58. The molecule has 0 heterocycles. The first-order valence-corrected chi connectivity index (χ1v) is 7.67. The predicted molar refractivity (Wildman–Crippen MR) is 83.8 cm³/mol. The minimum atomic E-state index is -0.908. The van der Waals surface area contributed by atoms with E-state index in [1.807, 2.05) is 0 Å². The van der Waals surface area contributed by atoms with Crippen molar-refractivity contribution in [3.8, 4) is 0 Å². The second-order valence-electron chi connectivity index (χ2n) is 5.66. The van der Waals surface area contributed by atoms with Crippen molar-refractivity contribution in [2.24, 2.45) is 0 Å². The summed E-state index contributed by atoms with van der Waals surface area (Å²) in [6.07, 6.45) is 7.92. The van der Waals surface area contributed by atoms with Gasteiger partial charge in [-0.15, -0.1) is 0 Å². The van der Waals surface area contributed by atoms with Crippen molar-refractivity contribution in [3.05, 3.63) is 41.5 Å². The highest BCUT2D eigenvalue weighted by atomic mass is 19.2. The van der Waals surface area contributed by atoms with Crippen molar-refractivity contribution in [2.45, 2.75) is 32.1 Å². The molecule has 0 spiro atoms. The van der Waals surface area contributed by atoms with Crippen LogP contribution >= 0.6 is 0 Å². The van der Waals surface area contributed by atoms with Gasteiger partial charge in [-0.05, 0) is 44.2 Å². The molecule has 0 radical (unpaired) electrons. The lowest BCUT2D eigenvalue weighted by Gasteiger charge is -2.19. The fourth-order valence-electron chi connectivity index (χ4n) is 2.58. The lowest BCUT2D eigenvalue weighted by atomic mass is 9.97. The van der Waals surface area contributed by atoms with E-state index in [2.05, 4.69) is 11.4 Å². The van der Waals surface area contributed by atoms with Crippen molar-refractivity contribution in [2.75, 3.05) is 25.0 Å². The number of hydrogen-bond acceptors (Lipinski definition) is 2. The molecule has 0 saturated carbocycles. The quantitative estimate of drug-likeness (QED) is 0.817. The van der Waals surface area contributed by atoms with Crippen LogP contribution in [0.5, 0.6) is 0 Å². The molecule has 0 bridgehead atoms. The molecule has 1 aliphatic rings. The molecule has 22 heavy (non-hydrogen) atoms. The summed E-state index contributed by atoms with van der Waals surface area (Å²) in [5, 5.41) is 2.87. The molecule has 2 rings (SSSR count). The average molecular weight is 308 g/mol. The Bertz CT molecular complexity index is 558. The smallest absolute Gasteiger partial charge is 0.239 e. The molecular weight excluding hydrogens is 286 g/mol. The summed E-state index contributed by atoms with van der Waals surface area (Å²) in [6.45, 7) is 0.737. The van der Waals surface area contributed by atoms with Gasteiger partial charge in [0.05, 0.1) is 6.54 Å². The van der Waals surface area contributed by atoms with Crippen LogP contribution in [-0.2, 0) is 4.79 Å². The molecule has 0 fully saturated rings. The zero-order chi connectivity index (χ0) is 15.9. The van der Waals surface area contributed by atoms with E-state index in [0.29, 0.717) is 12.2 Å². The van der Waals surface area contributed by atoms with E-state index in [1.165, 1.54) is 24.5 Å². The Hall–Kier alpha value is -1.91. The molecule has 0 atom stereocenters. The first-order chi connectivity index (χ1) is 10.6. The van der Waals surface area contributed by atoms with Gasteiger partial charge in [0.25, 0.3) is 0 Å². The molecule has 1 amide bonds. The van der Waals surface area contributed by atoms with Crippen LogP contribution in [0.2, 0.25) is 0 Å². The van der Waals surface area contributed by atoms with Crippen LogP contribution in [0.15, 0.2) is 29.8 Å². The van der Waals surface area contributed by atoms with Crippen LogP contribution in [-0.4, -0.2) is 26.0 Å². The molecule has 1 aromatic carbocycles. The minimum Gasteiger partial charge on any atom is -0.365 e. The molecule has 0 unspecified atom stereocenters. The number of benzene rings is 1. The van der Waals surface area contributed by atoms with Crippen molar-refractivity contribution in [3.63, 3.8) is 0 Å². The van der Waals surface area contributed by atoms with E-state index >= 15 is 0 Å². The Kier molecular flexibility index (Phi) is 5.92.